The largest absolute Gasteiger partial charge is 0.474 e. The minimum absolute atomic E-state index is 0.0994. The highest BCUT2D eigenvalue weighted by Gasteiger charge is 2.47. The van der Waals surface area contributed by atoms with E-state index in [-0.39, 0.29) is 12.0 Å². The van der Waals surface area contributed by atoms with E-state index in [1.165, 1.54) is 25.6 Å². The summed E-state index contributed by atoms with van der Waals surface area (Å²) in [4.78, 5) is 27.3. The number of carbonyl (C=O) groups is 1. The Morgan fingerprint density at radius 1 is 1.15 bits per heavy atom. The van der Waals surface area contributed by atoms with E-state index in [2.05, 4.69) is 15.0 Å². The van der Waals surface area contributed by atoms with Gasteiger partial charge in [0.1, 0.15) is 23.4 Å². The van der Waals surface area contributed by atoms with Gasteiger partial charge in [0.05, 0.1) is 17.3 Å². The van der Waals surface area contributed by atoms with Crippen LogP contribution in [0.2, 0.25) is 5.15 Å². The van der Waals surface area contributed by atoms with Crippen molar-refractivity contribution in [1.82, 2.24) is 15.0 Å². The molecule has 1 saturated carbocycles. The summed E-state index contributed by atoms with van der Waals surface area (Å²) in [7, 11) is 0. The Kier molecular flexibility index (Phi) is 4.31. The van der Waals surface area contributed by atoms with Crippen molar-refractivity contribution >= 4 is 29.0 Å². The molecule has 26 heavy (non-hydrogen) atoms. The number of ether oxygens (including phenoxy) is 1. The van der Waals surface area contributed by atoms with E-state index >= 15 is 0 Å². The molecule has 136 valence electrons. The fraction of sp³-hybridized carbons (Fsp3) is 0.474. The van der Waals surface area contributed by atoms with E-state index in [4.69, 9.17) is 16.3 Å². The Hall–Kier alpha value is -2.21. The molecule has 2 aromatic rings. The first-order chi connectivity index (χ1) is 12.5. The summed E-state index contributed by atoms with van der Waals surface area (Å²) in [6, 6.07) is 3.65. The average molecular weight is 373 g/mol. The van der Waals surface area contributed by atoms with Crippen LogP contribution >= 0.6 is 11.6 Å². The molecular formula is C19H21ClN4O2. The van der Waals surface area contributed by atoms with Crippen LogP contribution in [0.5, 0.6) is 5.88 Å². The fourth-order valence-electron chi connectivity index (χ4n) is 3.71. The smallest absolute Gasteiger partial charge is 0.243 e. The van der Waals surface area contributed by atoms with Crippen molar-refractivity contribution in [2.75, 3.05) is 4.90 Å². The van der Waals surface area contributed by atoms with Gasteiger partial charge in [-0.1, -0.05) is 18.0 Å². The molecule has 1 aliphatic carbocycles. The van der Waals surface area contributed by atoms with Crippen LogP contribution in [-0.2, 0) is 10.2 Å². The highest BCUT2D eigenvalue weighted by atomic mass is 35.5. The van der Waals surface area contributed by atoms with Crippen molar-refractivity contribution in [3.8, 4) is 5.88 Å². The topological polar surface area (TPSA) is 68.2 Å². The monoisotopic (exact) mass is 372 g/mol. The van der Waals surface area contributed by atoms with Crippen molar-refractivity contribution < 1.29 is 9.53 Å². The molecule has 1 fully saturated rings. The zero-order valence-electron chi connectivity index (χ0n) is 14.9. The highest BCUT2D eigenvalue weighted by Crippen LogP contribution is 2.46. The predicted octanol–water partition coefficient (Wildman–Crippen LogP) is 4.19. The summed E-state index contributed by atoms with van der Waals surface area (Å²) >= 11 is 6.24. The number of hydrogen-bond acceptors (Lipinski definition) is 5. The van der Waals surface area contributed by atoms with Crippen molar-refractivity contribution in [2.24, 2.45) is 0 Å². The van der Waals surface area contributed by atoms with Crippen LogP contribution in [0.1, 0.15) is 51.5 Å². The number of nitrogens with zero attached hydrogens (tertiary/aromatic N) is 4. The van der Waals surface area contributed by atoms with E-state index in [0.717, 1.165) is 12.8 Å². The molecule has 0 unspecified atom stereocenters. The average Bonchev–Trinajstić information content (AvgIpc) is 2.84. The molecule has 0 radical (unpaired) electrons. The third-order valence-electron chi connectivity index (χ3n) is 5.17. The molecule has 6 nitrogen and oxygen atoms in total. The summed E-state index contributed by atoms with van der Waals surface area (Å²) in [5.74, 6) is 1.01. The molecule has 4 rings (SSSR count). The number of halogens is 1. The predicted molar refractivity (Wildman–Crippen MR) is 99.0 cm³/mol. The molecule has 0 aromatic carbocycles. The molecule has 0 saturated heterocycles. The lowest BCUT2D eigenvalue weighted by Crippen LogP contribution is -2.33. The van der Waals surface area contributed by atoms with Crippen LogP contribution in [0.4, 0.5) is 11.5 Å². The second-order valence-electron chi connectivity index (χ2n) is 7.36. The van der Waals surface area contributed by atoms with E-state index in [9.17, 15) is 4.79 Å². The summed E-state index contributed by atoms with van der Waals surface area (Å²) in [5.41, 5.74) is 0.507. The van der Waals surface area contributed by atoms with Gasteiger partial charge in [-0.25, -0.2) is 15.0 Å². The van der Waals surface area contributed by atoms with Gasteiger partial charge in [0.2, 0.25) is 11.8 Å². The Morgan fingerprint density at radius 3 is 2.62 bits per heavy atom. The number of rotatable bonds is 3. The number of pyridine rings is 1. The quantitative estimate of drug-likeness (QED) is 0.755. The van der Waals surface area contributed by atoms with Crippen LogP contribution in [0.15, 0.2) is 24.7 Å². The third-order valence-corrected chi connectivity index (χ3v) is 5.46. The molecule has 2 aromatic heterocycles. The van der Waals surface area contributed by atoms with Gasteiger partial charge in [0, 0.05) is 11.6 Å². The zero-order chi connectivity index (χ0) is 18.3. The molecule has 7 heteroatoms. The van der Waals surface area contributed by atoms with E-state index < -0.39 is 5.41 Å². The van der Waals surface area contributed by atoms with E-state index in [0.29, 0.717) is 28.1 Å². The summed E-state index contributed by atoms with van der Waals surface area (Å²) in [5, 5.41) is 0.307. The van der Waals surface area contributed by atoms with Crippen molar-refractivity contribution in [1.29, 1.82) is 0 Å². The summed E-state index contributed by atoms with van der Waals surface area (Å²) < 4.78 is 5.97. The van der Waals surface area contributed by atoms with E-state index in [1.807, 2.05) is 26.0 Å². The molecule has 1 amide bonds. The number of carbonyl (C=O) groups excluding carboxylic acids is 1. The minimum atomic E-state index is -0.787. The number of hydrogen-bond donors (Lipinski definition) is 0. The molecular weight excluding hydrogens is 352 g/mol. The molecule has 0 atom stereocenters. The lowest BCUT2D eigenvalue weighted by molar-refractivity contribution is -0.121. The van der Waals surface area contributed by atoms with Gasteiger partial charge in [-0.05, 0) is 45.6 Å². The summed E-state index contributed by atoms with van der Waals surface area (Å²) in [6.07, 6.45) is 9.10. The van der Waals surface area contributed by atoms with Crippen LogP contribution in [0.3, 0.4) is 0 Å². The fourth-order valence-corrected chi connectivity index (χ4v) is 4.08. The Labute approximate surface area is 157 Å². The Bertz CT molecular complexity index is 832. The molecule has 1 aliphatic heterocycles. The first-order valence-electron chi connectivity index (χ1n) is 8.97. The van der Waals surface area contributed by atoms with Gasteiger partial charge >= 0.3 is 0 Å². The number of amides is 1. The number of aromatic nitrogens is 3. The maximum atomic E-state index is 13.0. The van der Waals surface area contributed by atoms with Crippen LogP contribution in [-0.4, -0.2) is 27.0 Å². The maximum absolute atomic E-state index is 13.0. The molecule has 3 heterocycles. The van der Waals surface area contributed by atoms with Gasteiger partial charge in [-0.3, -0.25) is 9.69 Å². The first kappa shape index (κ1) is 17.2. The lowest BCUT2D eigenvalue weighted by atomic mass is 9.88. The van der Waals surface area contributed by atoms with Gasteiger partial charge in [0.25, 0.3) is 0 Å². The van der Waals surface area contributed by atoms with Crippen molar-refractivity contribution in [3.05, 3.63) is 35.4 Å². The molecule has 0 N–H and O–H groups in total. The number of fused-ring (bicyclic) bond motifs is 1. The molecule has 2 aliphatic rings. The zero-order valence-corrected chi connectivity index (χ0v) is 15.7. The Morgan fingerprint density at radius 2 is 1.92 bits per heavy atom. The van der Waals surface area contributed by atoms with Gasteiger partial charge < -0.3 is 4.74 Å². The third kappa shape index (κ3) is 2.82. The minimum Gasteiger partial charge on any atom is -0.474 e. The standard InChI is InChI=1S/C19H21ClN4O2/c1-19(2)15-16(20)22-11-23-17(15)24(18(19)25)12-8-9-14(21-10-12)26-13-6-4-3-5-7-13/h8-11,13H,3-7H2,1-2H3. The van der Waals surface area contributed by atoms with Gasteiger partial charge in [-0.15, -0.1) is 0 Å². The van der Waals surface area contributed by atoms with Crippen LogP contribution < -0.4 is 9.64 Å². The van der Waals surface area contributed by atoms with Gasteiger partial charge in [-0.2, -0.15) is 0 Å². The van der Waals surface area contributed by atoms with Crippen LogP contribution in [0, 0.1) is 0 Å². The molecule has 0 bridgehead atoms. The van der Waals surface area contributed by atoms with Crippen LogP contribution in [0.25, 0.3) is 0 Å². The SMILES string of the molecule is CC1(C)C(=O)N(c2ccc(OC3CCCCC3)nc2)c2ncnc(Cl)c21. The normalized spacial score (nSPS) is 19.5. The highest BCUT2D eigenvalue weighted by molar-refractivity contribution is 6.32. The van der Waals surface area contributed by atoms with Gasteiger partial charge in [0.15, 0.2) is 0 Å². The summed E-state index contributed by atoms with van der Waals surface area (Å²) in [6.45, 7) is 3.66. The Balaban J connectivity index is 1.62. The number of anilines is 2. The first-order valence-corrected chi connectivity index (χ1v) is 9.34. The van der Waals surface area contributed by atoms with E-state index in [1.54, 1.807) is 11.1 Å². The maximum Gasteiger partial charge on any atom is 0.243 e. The van der Waals surface area contributed by atoms with Crippen molar-refractivity contribution in [3.63, 3.8) is 0 Å². The second-order valence-corrected chi connectivity index (χ2v) is 7.72. The van der Waals surface area contributed by atoms with Crippen molar-refractivity contribution in [2.45, 2.75) is 57.5 Å². The lowest BCUT2D eigenvalue weighted by Gasteiger charge is -2.23. The second kappa shape index (κ2) is 6.50. The molecule has 0 spiro atoms.